The van der Waals surface area contributed by atoms with Gasteiger partial charge in [-0.3, -0.25) is 4.79 Å². The van der Waals surface area contributed by atoms with Gasteiger partial charge in [0.25, 0.3) is 0 Å². The molecule has 1 aromatic carbocycles. The molecule has 0 saturated carbocycles. The van der Waals surface area contributed by atoms with E-state index in [0.29, 0.717) is 0 Å². The number of thioether (sulfide) groups is 1. The number of rotatable bonds is 6. The Kier molecular flexibility index (Phi) is 5.67. The van der Waals surface area contributed by atoms with E-state index < -0.39 is 24.5 Å². The van der Waals surface area contributed by atoms with Gasteiger partial charge in [-0.1, -0.05) is 18.2 Å². The highest BCUT2D eigenvalue weighted by molar-refractivity contribution is 7.98. The summed E-state index contributed by atoms with van der Waals surface area (Å²) in [4.78, 5) is 23.3. The minimum Gasteiger partial charge on any atom is -0.480 e. The van der Waals surface area contributed by atoms with E-state index in [4.69, 9.17) is 10.2 Å². The van der Waals surface area contributed by atoms with Crippen LogP contribution in [0.15, 0.2) is 29.2 Å². The number of aliphatic hydroxyl groups is 1. The van der Waals surface area contributed by atoms with Crippen molar-refractivity contribution in [3.63, 3.8) is 0 Å². The first-order valence-electron chi connectivity index (χ1n) is 5.33. The van der Waals surface area contributed by atoms with Crippen LogP contribution in [0.4, 0.5) is 0 Å². The van der Waals surface area contributed by atoms with Crippen molar-refractivity contribution in [3.8, 4) is 0 Å². The minimum atomic E-state index is -1.25. The fraction of sp³-hybridized carbons (Fsp3) is 0.333. The molecule has 0 bridgehead atoms. The molecule has 0 radical (unpaired) electrons. The second-order valence-corrected chi connectivity index (χ2v) is 4.48. The van der Waals surface area contributed by atoms with Gasteiger partial charge in [0.1, 0.15) is 6.04 Å². The van der Waals surface area contributed by atoms with Gasteiger partial charge in [-0.15, -0.1) is 11.8 Å². The summed E-state index contributed by atoms with van der Waals surface area (Å²) in [7, 11) is 0. The topological polar surface area (TPSA) is 86.6 Å². The normalized spacial score (nSPS) is 11.9. The molecule has 0 spiro atoms. The van der Waals surface area contributed by atoms with Crippen molar-refractivity contribution >= 4 is 23.6 Å². The first kappa shape index (κ1) is 14.5. The molecule has 0 fully saturated rings. The van der Waals surface area contributed by atoms with Gasteiger partial charge in [0.2, 0.25) is 5.91 Å². The summed E-state index contributed by atoms with van der Waals surface area (Å²) in [6, 6.07) is 6.16. The van der Waals surface area contributed by atoms with Crippen LogP contribution in [0.3, 0.4) is 0 Å². The molecule has 0 heterocycles. The zero-order valence-corrected chi connectivity index (χ0v) is 10.7. The average molecular weight is 269 g/mol. The number of carbonyl (C=O) groups is 2. The van der Waals surface area contributed by atoms with Crippen LogP contribution in [-0.4, -0.2) is 41.0 Å². The lowest BCUT2D eigenvalue weighted by Gasteiger charge is -2.12. The molecule has 1 atom stereocenters. The molecule has 5 nitrogen and oxygen atoms in total. The highest BCUT2D eigenvalue weighted by Crippen LogP contribution is 2.20. The monoisotopic (exact) mass is 269 g/mol. The minimum absolute atomic E-state index is 0.0980. The molecule has 0 aliphatic carbocycles. The number of aliphatic hydroxyl groups excluding tert-OH is 1. The Morgan fingerprint density at radius 1 is 1.39 bits per heavy atom. The number of benzene rings is 1. The van der Waals surface area contributed by atoms with E-state index in [-0.39, 0.29) is 6.42 Å². The van der Waals surface area contributed by atoms with Crippen LogP contribution in [0.1, 0.15) is 5.56 Å². The molecule has 1 rings (SSSR count). The van der Waals surface area contributed by atoms with Gasteiger partial charge in [0, 0.05) is 4.90 Å². The number of hydrogen-bond donors (Lipinski definition) is 3. The van der Waals surface area contributed by atoms with E-state index in [2.05, 4.69) is 5.32 Å². The Labute approximate surface area is 109 Å². The number of carboxylic acids is 1. The highest BCUT2D eigenvalue weighted by atomic mass is 32.2. The lowest BCUT2D eigenvalue weighted by Crippen LogP contribution is -2.43. The Bertz CT molecular complexity index is 436. The Morgan fingerprint density at radius 3 is 2.61 bits per heavy atom. The third-order valence-corrected chi connectivity index (χ3v) is 3.20. The standard InChI is InChI=1S/C12H15NO4S/c1-18-10-5-3-2-4-8(10)6-11(15)13-9(7-14)12(16)17/h2-5,9,14H,6-7H2,1H3,(H,13,15)(H,16,17). The van der Waals surface area contributed by atoms with Crippen LogP contribution in [0.25, 0.3) is 0 Å². The summed E-state index contributed by atoms with van der Waals surface area (Å²) >= 11 is 1.52. The van der Waals surface area contributed by atoms with Crippen LogP contribution in [0.5, 0.6) is 0 Å². The van der Waals surface area contributed by atoms with Gasteiger partial charge in [0.15, 0.2) is 0 Å². The largest absolute Gasteiger partial charge is 0.480 e. The number of carboxylic acid groups (broad SMARTS) is 1. The predicted octanol–water partition coefficient (Wildman–Crippen LogP) is 0.513. The van der Waals surface area contributed by atoms with E-state index in [1.54, 1.807) is 0 Å². The van der Waals surface area contributed by atoms with Crippen molar-refractivity contribution in [1.29, 1.82) is 0 Å². The first-order valence-corrected chi connectivity index (χ1v) is 6.56. The maximum Gasteiger partial charge on any atom is 0.328 e. The second-order valence-electron chi connectivity index (χ2n) is 3.63. The van der Waals surface area contributed by atoms with Crippen molar-refractivity contribution < 1.29 is 19.8 Å². The van der Waals surface area contributed by atoms with E-state index in [1.807, 2.05) is 30.5 Å². The number of carbonyl (C=O) groups excluding carboxylic acids is 1. The summed E-state index contributed by atoms with van der Waals surface area (Å²) in [5.74, 6) is -1.66. The smallest absolute Gasteiger partial charge is 0.328 e. The van der Waals surface area contributed by atoms with E-state index >= 15 is 0 Å². The predicted molar refractivity (Wildman–Crippen MR) is 68.6 cm³/mol. The van der Waals surface area contributed by atoms with E-state index in [1.165, 1.54) is 11.8 Å². The molecular weight excluding hydrogens is 254 g/mol. The lowest BCUT2D eigenvalue weighted by molar-refractivity contribution is -0.142. The van der Waals surface area contributed by atoms with E-state index in [9.17, 15) is 9.59 Å². The molecule has 0 aromatic heterocycles. The van der Waals surface area contributed by atoms with Crippen LogP contribution in [-0.2, 0) is 16.0 Å². The molecule has 0 aliphatic heterocycles. The molecule has 0 aliphatic rings. The molecule has 18 heavy (non-hydrogen) atoms. The summed E-state index contributed by atoms with van der Waals surface area (Å²) in [6.45, 7) is -0.620. The zero-order chi connectivity index (χ0) is 13.5. The third kappa shape index (κ3) is 4.05. The fourth-order valence-corrected chi connectivity index (χ4v) is 2.07. The number of hydrogen-bond acceptors (Lipinski definition) is 4. The van der Waals surface area contributed by atoms with Crippen LogP contribution in [0, 0.1) is 0 Å². The third-order valence-electron chi connectivity index (χ3n) is 2.36. The van der Waals surface area contributed by atoms with Crippen molar-refractivity contribution in [2.24, 2.45) is 0 Å². The number of amides is 1. The maximum atomic E-state index is 11.7. The molecule has 6 heteroatoms. The first-order chi connectivity index (χ1) is 8.58. The molecule has 3 N–H and O–H groups in total. The Hall–Kier alpha value is -1.53. The van der Waals surface area contributed by atoms with Gasteiger partial charge in [-0.2, -0.15) is 0 Å². The van der Waals surface area contributed by atoms with Gasteiger partial charge in [-0.05, 0) is 17.9 Å². The van der Waals surface area contributed by atoms with Crippen LogP contribution in [0.2, 0.25) is 0 Å². The van der Waals surface area contributed by atoms with Crippen molar-refractivity contribution in [2.45, 2.75) is 17.4 Å². The van der Waals surface area contributed by atoms with Crippen LogP contribution >= 0.6 is 11.8 Å². The van der Waals surface area contributed by atoms with E-state index in [0.717, 1.165) is 10.5 Å². The summed E-state index contributed by atoms with van der Waals surface area (Å²) in [5, 5.41) is 19.8. The molecule has 1 amide bonds. The van der Waals surface area contributed by atoms with Crippen molar-refractivity contribution in [2.75, 3.05) is 12.9 Å². The second kappa shape index (κ2) is 7.03. The van der Waals surface area contributed by atoms with Crippen molar-refractivity contribution in [3.05, 3.63) is 29.8 Å². The molecule has 1 aromatic rings. The Balaban J connectivity index is 2.67. The van der Waals surface area contributed by atoms with Gasteiger partial charge in [0.05, 0.1) is 13.0 Å². The SMILES string of the molecule is CSc1ccccc1CC(=O)NC(CO)C(=O)O. The van der Waals surface area contributed by atoms with Gasteiger partial charge in [-0.25, -0.2) is 4.79 Å². The molecule has 98 valence electrons. The van der Waals surface area contributed by atoms with Gasteiger partial charge < -0.3 is 15.5 Å². The molecule has 1 unspecified atom stereocenters. The summed E-state index contributed by atoms with van der Waals surface area (Å²) < 4.78 is 0. The van der Waals surface area contributed by atoms with Gasteiger partial charge >= 0.3 is 5.97 Å². The summed E-state index contributed by atoms with van der Waals surface area (Å²) in [5.41, 5.74) is 0.838. The van der Waals surface area contributed by atoms with Crippen molar-refractivity contribution in [1.82, 2.24) is 5.32 Å². The molecular formula is C12H15NO4S. The highest BCUT2D eigenvalue weighted by Gasteiger charge is 2.19. The number of aliphatic carboxylic acids is 1. The Morgan fingerprint density at radius 2 is 2.06 bits per heavy atom. The van der Waals surface area contributed by atoms with Crippen LogP contribution < -0.4 is 5.32 Å². The number of nitrogens with one attached hydrogen (secondary N) is 1. The maximum absolute atomic E-state index is 11.7. The average Bonchev–Trinajstić information content (AvgIpc) is 2.36. The zero-order valence-electron chi connectivity index (χ0n) is 9.92. The summed E-state index contributed by atoms with van der Waals surface area (Å²) in [6.07, 6.45) is 2.01. The quantitative estimate of drug-likeness (QED) is 0.655. The lowest BCUT2D eigenvalue weighted by atomic mass is 10.1. The molecule has 0 saturated heterocycles. The fourth-order valence-electron chi connectivity index (χ4n) is 1.45.